The molecular formula is C22H21FN4O. The molecule has 0 spiro atoms. The van der Waals surface area contributed by atoms with E-state index in [0.29, 0.717) is 31.9 Å². The second kappa shape index (κ2) is 7.76. The van der Waals surface area contributed by atoms with Gasteiger partial charge in [0, 0.05) is 43.4 Å². The van der Waals surface area contributed by atoms with Crippen molar-refractivity contribution >= 4 is 11.7 Å². The number of carbonyl (C=O) groups is 1. The van der Waals surface area contributed by atoms with Crippen molar-refractivity contribution in [1.82, 2.24) is 14.9 Å². The molecule has 0 bridgehead atoms. The van der Waals surface area contributed by atoms with Gasteiger partial charge >= 0.3 is 0 Å². The number of halogens is 1. The number of amides is 1. The number of benzene rings is 2. The van der Waals surface area contributed by atoms with Gasteiger partial charge in [-0.3, -0.25) is 4.79 Å². The first-order valence-corrected chi connectivity index (χ1v) is 9.29. The van der Waals surface area contributed by atoms with Crippen LogP contribution in [0.4, 0.5) is 10.2 Å². The minimum atomic E-state index is -0.291. The molecule has 0 unspecified atom stereocenters. The highest BCUT2D eigenvalue weighted by molar-refractivity contribution is 5.94. The number of hydrogen-bond donors (Lipinski definition) is 0. The van der Waals surface area contributed by atoms with Crippen LogP contribution in [0.5, 0.6) is 0 Å². The Bertz CT molecular complexity index is 999. The summed E-state index contributed by atoms with van der Waals surface area (Å²) in [5, 5.41) is 0. The Hall–Kier alpha value is -3.28. The maximum absolute atomic E-state index is 13.5. The predicted octanol–water partition coefficient (Wildman–Crippen LogP) is 3.55. The molecule has 6 heteroatoms. The van der Waals surface area contributed by atoms with Gasteiger partial charge in [0.05, 0.1) is 5.69 Å². The predicted molar refractivity (Wildman–Crippen MR) is 107 cm³/mol. The van der Waals surface area contributed by atoms with Crippen LogP contribution >= 0.6 is 0 Å². The summed E-state index contributed by atoms with van der Waals surface area (Å²) in [5.41, 5.74) is 3.21. The summed E-state index contributed by atoms with van der Waals surface area (Å²) in [4.78, 5) is 25.4. The van der Waals surface area contributed by atoms with Gasteiger partial charge in [0.2, 0.25) is 0 Å². The Morgan fingerprint density at radius 1 is 0.964 bits per heavy atom. The highest BCUT2D eigenvalue weighted by atomic mass is 19.1. The van der Waals surface area contributed by atoms with Crippen LogP contribution in [0, 0.1) is 12.7 Å². The molecular weight excluding hydrogens is 355 g/mol. The van der Waals surface area contributed by atoms with Gasteiger partial charge in [0.1, 0.15) is 18.0 Å². The van der Waals surface area contributed by atoms with Crippen molar-refractivity contribution in [2.45, 2.75) is 6.92 Å². The lowest BCUT2D eigenvalue weighted by Crippen LogP contribution is -2.49. The fourth-order valence-corrected chi connectivity index (χ4v) is 3.42. The summed E-state index contributed by atoms with van der Waals surface area (Å²) in [7, 11) is 0. The molecule has 0 aliphatic carbocycles. The smallest absolute Gasteiger partial charge is 0.253 e. The zero-order valence-corrected chi connectivity index (χ0v) is 15.7. The molecule has 3 aromatic rings. The van der Waals surface area contributed by atoms with Gasteiger partial charge in [-0.05, 0) is 31.2 Å². The number of piperazine rings is 1. The quantitative estimate of drug-likeness (QED) is 0.701. The van der Waals surface area contributed by atoms with Crippen LogP contribution in [0.2, 0.25) is 0 Å². The lowest BCUT2D eigenvalue weighted by molar-refractivity contribution is 0.0746. The maximum atomic E-state index is 13.5. The molecule has 5 nitrogen and oxygen atoms in total. The molecule has 0 saturated carbocycles. The van der Waals surface area contributed by atoms with E-state index in [-0.39, 0.29) is 11.7 Å². The Labute approximate surface area is 163 Å². The van der Waals surface area contributed by atoms with Gasteiger partial charge in [0.15, 0.2) is 0 Å². The Balaban J connectivity index is 1.45. The standard InChI is InChI=1S/C22H21FN4O/c1-16-4-2-6-18(12-16)22(28)27-10-8-26(9-11-27)21-14-20(24-15-25-21)17-5-3-7-19(23)13-17/h2-7,12-15H,8-11H2,1H3. The topological polar surface area (TPSA) is 49.3 Å². The lowest BCUT2D eigenvalue weighted by Gasteiger charge is -2.35. The van der Waals surface area contributed by atoms with Crippen molar-refractivity contribution in [3.63, 3.8) is 0 Å². The van der Waals surface area contributed by atoms with Gasteiger partial charge in [0.25, 0.3) is 5.91 Å². The average Bonchev–Trinajstić information content (AvgIpc) is 2.73. The van der Waals surface area contributed by atoms with Crippen molar-refractivity contribution < 1.29 is 9.18 Å². The van der Waals surface area contributed by atoms with Crippen molar-refractivity contribution in [2.24, 2.45) is 0 Å². The molecule has 28 heavy (non-hydrogen) atoms. The number of carbonyl (C=O) groups excluding carboxylic acids is 1. The summed E-state index contributed by atoms with van der Waals surface area (Å²) >= 11 is 0. The molecule has 0 atom stereocenters. The van der Waals surface area contributed by atoms with E-state index in [9.17, 15) is 9.18 Å². The van der Waals surface area contributed by atoms with Gasteiger partial charge in [-0.25, -0.2) is 14.4 Å². The third kappa shape index (κ3) is 3.86. The van der Waals surface area contributed by atoms with E-state index in [1.54, 1.807) is 6.07 Å². The zero-order chi connectivity index (χ0) is 19.5. The summed E-state index contributed by atoms with van der Waals surface area (Å²) in [5.74, 6) is 0.560. The van der Waals surface area contributed by atoms with Crippen molar-refractivity contribution in [3.8, 4) is 11.3 Å². The number of anilines is 1. The molecule has 1 aliphatic heterocycles. The molecule has 2 aromatic carbocycles. The van der Waals surface area contributed by atoms with E-state index in [1.807, 2.05) is 48.2 Å². The SMILES string of the molecule is Cc1cccc(C(=O)N2CCN(c3cc(-c4cccc(F)c4)ncn3)CC2)c1. The monoisotopic (exact) mass is 376 g/mol. The minimum Gasteiger partial charge on any atom is -0.353 e. The summed E-state index contributed by atoms with van der Waals surface area (Å²) in [6.07, 6.45) is 1.50. The van der Waals surface area contributed by atoms with Gasteiger partial charge in [-0.1, -0.05) is 29.8 Å². The lowest BCUT2D eigenvalue weighted by atomic mass is 10.1. The first-order valence-electron chi connectivity index (χ1n) is 9.29. The van der Waals surface area contributed by atoms with Gasteiger partial charge in [-0.15, -0.1) is 0 Å². The van der Waals surface area contributed by atoms with Crippen LogP contribution in [0.15, 0.2) is 60.9 Å². The largest absolute Gasteiger partial charge is 0.353 e. The third-order valence-electron chi connectivity index (χ3n) is 4.93. The minimum absolute atomic E-state index is 0.0616. The van der Waals surface area contributed by atoms with Gasteiger partial charge < -0.3 is 9.80 Å². The molecule has 1 aromatic heterocycles. The summed E-state index contributed by atoms with van der Waals surface area (Å²) in [6.45, 7) is 4.63. The molecule has 1 amide bonds. The molecule has 2 heterocycles. The Kier molecular flexibility index (Phi) is 5.02. The fraction of sp³-hybridized carbons (Fsp3) is 0.227. The third-order valence-corrected chi connectivity index (χ3v) is 4.93. The summed E-state index contributed by atoms with van der Waals surface area (Å²) < 4.78 is 13.5. The Morgan fingerprint density at radius 2 is 1.75 bits per heavy atom. The van der Waals surface area contributed by atoms with E-state index >= 15 is 0 Å². The fourth-order valence-electron chi connectivity index (χ4n) is 3.42. The van der Waals surface area contributed by atoms with E-state index in [0.717, 1.165) is 22.5 Å². The highest BCUT2D eigenvalue weighted by Gasteiger charge is 2.23. The number of aromatic nitrogens is 2. The van der Waals surface area contributed by atoms with Crippen LogP contribution < -0.4 is 4.90 Å². The van der Waals surface area contributed by atoms with Crippen molar-refractivity contribution in [2.75, 3.05) is 31.1 Å². The molecule has 4 rings (SSSR count). The van der Waals surface area contributed by atoms with Crippen LogP contribution in [0.25, 0.3) is 11.3 Å². The maximum Gasteiger partial charge on any atom is 0.253 e. The molecule has 142 valence electrons. The van der Waals surface area contributed by atoms with Gasteiger partial charge in [-0.2, -0.15) is 0 Å². The van der Waals surface area contributed by atoms with E-state index < -0.39 is 0 Å². The first-order chi connectivity index (χ1) is 13.6. The summed E-state index contributed by atoms with van der Waals surface area (Å²) in [6, 6.07) is 15.9. The number of hydrogen-bond acceptors (Lipinski definition) is 4. The Morgan fingerprint density at radius 3 is 2.50 bits per heavy atom. The average molecular weight is 376 g/mol. The molecule has 0 radical (unpaired) electrons. The van der Waals surface area contributed by atoms with Crippen LogP contribution in [-0.2, 0) is 0 Å². The van der Waals surface area contributed by atoms with Crippen molar-refractivity contribution in [1.29, 1.82) is 0 Å². The van der Waals surface area contributed by atoms with Crippen molar-refractivity contribution in [3.05, 3.63) is 77.9 Å². The van der Waals surface area contributed by atoms with Crippen LogP contribution in [0.1, 0.15) is 15.9 Å². The normalized spacial score (nSPS) is 14.2. The molecule has 1 fully saturated rings. The first kappa shape index (κ1) is 18.1. The number of aryl methyl sites for hydroxylation is 1. The second-order valence-electron chi connectivity index (χ2n) is 6.92. The molecule has 1 aliphatic rings. The van der Waals surface area contributed by atoms with E-state index in [2.05, 4.69) is 14.9 Å². The van der Waals surface area contributed by atoms with Crippen LogP contribution in [0.3, 0.4) is 0 Å². The highest BCUT2D eigenvalue weighted by Crippen LogP contribution is 2.22. The second-order valence-corrected chi connectivity index (χ2v) is 6.92. The van der Waals surface area contributed by atoms with Crippen LogP contribution in [-0.4, -0.2) is 47.0 Å². The number of rotatable bonds is 3. The molecule has 1 saturated heterocycles. The van der Waals surface area contributed by atoms with E-state index in [4.69, 9.17) is 0 Å². The zero-order valence-electron chi connectivity index (χ0n) is 15.7. The molecule has 0 N–H and O–H groups in total. The van der Waals surface area contributed by atoms with E-state index in [1.165, 1.54) is 18.5 Å². The number of nitrogens with zero attached hydrogens (tertiary/aromatic N) is 4.